The molecule has 1 N–H and O–H groups in total. The van der Waals surface area contributed by atoms with E-state index in [1.807, 2.05) is 19.9 Å². The summed E-state index contributed by atoms with van der Waals surface area (Å²) in [6.07, 6.45) is 0. The van der Waals surface area contributed by atoms with Crippen LogP contribution < -0.4 is 0 Å². The van der Waals surface area contributed by atoms with Crippen molar-refractivity contribution in [3.63, 3.8) is 0 Å². The smallest absolute Gasteiger partial charge is 0.429 e. The van der Waals surface area contributed by atoms with Crippen molar-refractivity contribution in [3.8, 4) is 16.8 Å². The van der Waals surface area contributed by atoms with Crippen LogP contribution in [-0.4, -0.2) is 22.9 Å². The average Bonchev–Trinajstić information content (AvgIpc) is 3.18. The van der Waals surface area contributed by atoms with E-state index in [2.05, 4.69) is 109 Å². The van der Waals surface area contributed by atoms with Crippen LogP contribution in [0.3, 0.4) is 0 Å². The van der Waals surface area contributed by atoms with Crippen LogP contribution in [0.1, 0.15) is 33.3 Å². The second-order valence-electron chi connectivity index (χ2n) is 9.86. The molecule has 169 valence electrons. The van der Waals surface area contributed by atoms with Crippen LogP contribution in [-0.2, 0) is 10.1 Å². The number of benzene rings is 4. The number of hydrogen-bond donors (Lipinski definition) is 1. The molecule has 0 unspecified atom stereocenters. The van der Waals surface area contributed by atoms with Gasteiger partial charge in [-0.3, -0.25) is 0 Å². The number of para-hydroxylation sites is 1. The lowest BCUT2D eigenvalue weighted by molar-refractivity contribution is 0.0258. The lowest BCUT2D eigenvalue weighted by atomic mass is 9.71. The summed E-state index contributed by atoms with van der Waals surface area (Å²) in [5.74, 6) is 0. The van der Waals surface area contributed by atoms with Crippen LogP contribution in [0.2, 0.25) is 0 Å². The monoisotopic (exact) mass is 446 g/mol. The number of nitrogens with zero attached hydrogens (tertiary/aromatic N) is 1. The maximum absolute atomic E-state index is 9.31. The van der Waals surface area contributed by atoms with Gasteiger partial charge in [-0.25, -0.2) is 0 Å². The predicted octanol–water partition coefficient (Wildman–Crippen LogP) is 7.05. The van der Waals surface area contributed by atoms with Crippen LogP contribution in [0.15, 0.2) is 97.1 Å². The van der Waals surface area contributed by atoms with E-state index in [9.17, 15) is 5.02 Å². The minimum absolute atomic E-state index is 0.336. The average molecular weight is 446 g/mol. The van der Waals surface area contributed by atoms with Crippen molar-refractivity contribution in [3.05, 3.63) is 103 Å². The topological polar surface area (TPSA) is 34.4 Å². The van der Waals surface area contributed by atoms with Gasteiger partial charge in [-0.15, -0.1) is 0 Å². The molecule has 0 saturated heterocycles. The molecule has 1 radical (unpaired) electrons. The lowest BCUT2D eigenvalue weighted by Gasteiger charge is -2.41. The summed E-state index contributed by atoms with van der Waals surface area (Å²) in [5.41, 5.74) is 6.12. The van der Waals surface area contributed by atoms with Crippen LogP contribution in [0, 0.1) is 0 Å². The van der Waals surface area contributed by atoms with Gasteiger partial charge in [0.05, 0.1) is 16.6 Å². The zero-order valence-corrected chi connectivity index (χ0v) is 20.1. The molecule has 1 heterocycles. The summed E-state index contributed by atoms with van der Waals surface area (Å²) in [7, 11) is 0.797. The van der Waals surface area contributed by atoms with Crippen molar-refractivity contribution in [2.45, 2.75) is 38.7 Å². The zero-order chi connectivity index (χ0) is 23.9. The second kappa shape index (κ2) is 8.46. The minimum Gasteiger partial charge on any atom is -0.429 e. The van der Waals surface area contributed by atoms with Crippen LogP contribution in [0.5, 0.6) is 0 Å². The summed E-state index contributed by atoms with van der Waals surface area (Å²) < 4.78 is 7.95. The van der Waals surface area contributed by atoms with Crippen molar-refractivity contribution in [2.75, 3.05) is 0 Å². The third kappa shape index (κ3) is 3.64. The first-order valence-corrected chi connectivity index (χ1v) is 11.7. The molecule has 0 fully saturated rings. The fourth-order valence-electron chi connectivity index (χ4n) is 4.72. The Hall–Kier alpha value is -3.34. The fraction of sp³-hybridized carbons (Fsp3) is 0.200. The molecule has 0 saturated carbocycles. The van der Waals surface area contributed by atoms with Gasteiger partial charge in [0.1, 0.15) is 0 Å². The van der Waals surface area contributed by atoms with E-state index < -0.39 is 5.60 Å². The molecule has 34 heavy (non-hydrogen) atoms. The molecule has 0 aliphatic heterocycles. The molecule has 0 aliphatic rings. The minimum atomic E-state index is -0.586. The maximum Gasteiger partial charge on any atom is 0.485 e. The summed E-state index contributed by atoms with van der Waals surface area (Å²) in [5, 5.41) is 11.7. The second-order valence-corrected chi connectivity index (χ2v) is 9.86. The Morgan fingerprint density at radius 1 is 0.676 bits per heavy atom. The molecular formula is C30H29BNO2. The SMILES string of the molecule is CC(C)(O[B]O)C(C)(C)c1ccc2c(c1)c1ccccc1n2-c1cccc(-c2ccccc2)c1. The maximum atomic E-state index is 9.31. The van der Waals surface area contributed by atoms with Gasteiger partial charge in [-0.1, -0.05) is 80.6 Å². The van der Waals surface area contributed by atoms with Gasteiger partial charge in [0.25, 0.3) is 0 Å². The molecule has 0 spiro atoms. The number of hydrogen-bond acceptors (Lipinski definition) is 2. The Labute approximate surface area is 201 Å². The summed E-state index contributed by atoms with van der Waals surface area (Å²) in [6.45, 7) is 8.31. The van der Waals surface area contributed by atoms with E-state index in [4.69, 9.17) is 4.65 Å². The summed E-state index contributed by atoms with van der Waals surface area (Å²) >= 11 is 0. The standard InChI is InChI=1S/C30H29BNO2/c1-29(2,30(3,4)34-31-33)23-17-18-28-26(20-23)25-15-8-9-16-27(25)32(28)24-14-10-13-22(19-24)21-11-6-5-7-12-21/h5-20,33H,1-4H3. The number of aromatic nitrogens is 1. The summed E-state index contributed by atoms with van der Waals surface area (Å²) in [4.78, 5) is 0. The van der Waals surface area contributed by atoms with Gasteiger partial charge in [0, 0.05) is 21.9 Å². The fourth-order valence-corrected chi connectivity index (χ4v) is 4.72. The van der Waals surface area contributed by atoms with E-state index in [0.29, 0.717) is 0 Å². The van der Waals surface area contributed by atoms with Crippen molar-refractivity contribution in [1.29, 1.82) is 0 Å². The highest BCUT2D eigenvalue weighted by atomic mass is 16.5. The molecule has 0 atom stereocenters. The molecule has 3 nitrogen and oxygen atoms in total. The Balaban J connectivity index is 1.72. The molecule has 0 aliphatic carbocycles. The molecule has 5 aromatic rings. The highest BCUT2D eigenvalue weighted by Crippen LogP contribution is 2.40. The first kappa shape index (κ1) is 22.5. The first-order chi connectivity index (χ1) is 16.3. The molecule has 4 aromatic carbocycles. The molecular weight excluding hydrogens is 417 g/mol. The van der Waals surface area contributed by atoms with Gasteiger partial charge in [-0.05, 0) is 60.9 Å². The zero-order valence-electron chi connectivity index (χ0n) is 20.1. The third-order valence-electron chi connectivity index (χ3n) is 7.46. The van der Waals surface area contributed by atoms with Gasteiger partial charge >= 0.3 is 7.69 Å². The van der Waals surface area contributed by atoms with Crippen molar-refractivity contribution in [1.82, 2.24) is 4.57 Å². The predicted molar refractivity (Wildman–Crippen MR) is 142 cm³/mol. The van der Waals surface area contributed by atoms with Crippen LogP contribution >= 0.6 is 0 Å². The van der Waals surface area contributed by atoms with E-state index in [0.717, 1.165) is 18.9 Å². The highest BCUT2D eigenvalue weighted by molar-refractivity contribution is 6.16. The van der Waals surface area contributed by atoms with Gasteiger partial charge in [0.2, 0.25) is 0 Å². The normalized spacial score (nSPS) is 12.4. The van der Waals surface area contributed by atoms with Crippen molar-refractivity contribution < 1.29 is 9.68 Å². The van der Waals surface area contributed by atoms with E-state index in [1.54, 1.807) is 0 Å². The number of rotatable bonds is 6. The van der Waals surface area contributed by atoms with E-state index in [1.165, 1.54) is 32.9 Å². The molecule has 5 rings (SSSR count). The first-order valence-electron chi connectivity index (χ1n) is 11.7. The molecule has 4 heteroatoms. The largest absolute Gasteiger partial charge is 0.485 e. The van der Waals surface area contributed by atoms with Crippen LogP contribution in [0.25, 0.3) is 38.6 Å². The van der Waals surface area contributed by atoms with Crippen LogP contribution in [0.4, 0.5) is 0 Å². The Bertz CT molecular complexity index is 1470. The highest BCUT2D eigenvalue weighted by Gasteiger charge is 2.39. The van der Waals surface area contributed by atoms with Crippen molar-refractivity contribution >= 4 is 29.5 Å². The lowest BCUT2D eigenvalue weighted by Crippen LogP contribution is -2.45. The quantitative estimate of drug-likeness (QED) is 0.284. The Morgan fingerprint density at radius 3 is 2.12 bits per heavy atom. The molecule has 0 bridgehead atoms. The van der Waals surface area contributed by atoms with Gasteiger partial charge in [-0.2, -0.15) is 0 Å². The molecule has 1 aromatic heterocycles. The summed E-state index contributed by atoms with van der Waals surface area (Å²) in [6, 6.07) is 34.4. The Kier molecular flexibility index (Phi) is 5.59. The van der Waals surface area contributed by atoms with Crippen molar-refractivity contribution in [2.24, 2.45) is 0 Å². The Morgan fingerprint density at radius 2 is 1.35 bits per heavy atom. The van der Waals surface area contributed by atoms with E-state index in [-0.39, 0.29) is 5.41 Å². The number of fused-ring (bicyclic) bond motifs is 3. The van der Waals surface area contributed by atoms with E-state index >= 15 is 0 Å². The molecule has 0 amide bonds. The third-order valence-corrected chi connectivity index (χ3v) is 7.46. The van der Waals surface area contributed by atoms with Gasteiger partial charge < -0.3 is 14.2 Å². The van der Waals surface area contributed by atoms with Gasteiger partial charge in [0.15, 0.2) is 0 Å².